The SMILES string of the molecule is CCN(c1ncccc1CNC(C)C)C1CCCC1. The van der Waals surface area contributed by atoms with E-state index < -0.39 is 0 Å². The number of pyridine rings is 1. The van der Waals surface area contributed by atoms with Crippen LogP contribution in [0, 0.1) is 0 Å². The van der Waals surface area contributed by atoms with Gasteiger partial charge in [0.25, 0.3) is 0 Å². The van der Waals surface area contributed by atoms with Crippen molar-refractivity contribution in [3.05, 3.63) is 23.9 Å². The van der Waals surface area contributed by atoms with Crippen molar-refractivity contribution in [1.82, 2.24) is 10.3 Å². The molecule has 19 heavy (non-hydrogen) atoms. The van der Waals surface area contributed by atoms with E-state index in [0.717, 1.165) is 13.1 Å². The fourth-order valence-electron chi connectivity index (χ4n) is 2.94. The van der Waals surface area contributed by atoms with E-state index in [9.17, 15) is 0 Å². The monoisotopic (exact) mass is 261 g/mol. The predicted molar refractivity (Wildman–Crippen MR) is 81.5 cm³/mol. The molecule has 1 heterocycles. The lowest BCUT2D eigenvalue weighted by atomic mass is 10.1. The maximum Gasteiger partial charge on any atom is 0.133 e. The van der Waals surface area contributed by atoms with Gasteiger partial charge in [-0.05, 0) is 25.8 Å². The quantitative estimate of drug-likeness (QED) is 0.851. The van der Waals surface area contributed by atoms with E-state index in [-0.39, 0.29) is 0 Å². The number of nitrogens with one attached hydrogen (secondary N) is 1. The summed E-state index contributed by atoms with van der Waals surface area (Å²) >= 11 is 0. The molecule has 0 saturated heterocycles. The zero-order valence-corrected chi connectivity index (χ0v) is 12.5. The molecular formula is C16H27N3. The second-order valence-corrected chi connectivity index (χ2v) is 5.75. The molecular weight excluding hydrogens is 234 g/mol. The van der Waals surface area contributed by atoms with E-state index in [0.29, 0.717) is 12.1 Å². The first-order valence-electron chi connectivity index (χ1n) is 7.66. The molecule has 0 atom stereocenters. The van der Waals surface area contributed by atoms with E-state index in [1.54, 1.807) is 0 Å². The van der Waals surface area contributed by atoms with Gasteiger partial charge in [-0.2, -0.15) is 0 Å². The van der Waals surface area contributed by atoms with Gasteiger partial charge in [0.2, 0.25) is 0 Å². The molecule has 2 rings (SSSR count). The van der Waals surface area contributed by atoms with Gasteiger partial charge in [-0.25, -0.2) is 4.98 Å². The maximum atomic E-state index is 4.66. The van der Waals surface area contributed by atoms with Gasteiger partial charge in [0.1, 0.15) is 5.82 Å². The molecule has 106 valence electrons. The lowest BCUT2D eigenvalue weighted by molar-refractivity contribution is 0.576. The number of anilines is 1. The Balaban J connectivity index is 2.16. The summed E-state index contributed by atoms with van der Waals surface area (Å²) < 4.78 is 0. The molecule has 0 amide bonds. The first-order valence-corrected chi connectivity index (χ1v) is 7.66. The van der Waals surface area contributed by atoms with Crippen molar-refractivity contribution in [3.8, 4) is 0 Å². The van der Waals surface area contributed by atoms with Crippen LogP contribution < -0.4 is 10.2 Å². The van der Waals surface area contributed by atoms with Crippen molar-refractivity contribution in [2.24, 2.45) is 0 Å². The molecule has 0 spiro atoms. The number of rotatable bonds is 6. The summed E-state index contributed by atoms with van der Waals surface area (Å²) in [6, 6.07) is 5.45. The van der Waals surface area contributed by atoms with Crippen LogP contribution in [0.1, 0.15) is 52.0 Å². The van der Waals surface area contributed by atoms with Gasteiger partial charge in [-0.1, -0.05) is 32.8 Å². The van der Waals surface area contributed by atoms with Crippen molar-refractivity contribution in [1.29, 1.82) is 0 Å². The third kappa shape index (κ3) is 3.69. The molecule has 0 unspecified atom stereocenters. The Hall–Kier alpha value is -1.09. The van der Waals surface area contributed by atoms with Crippen LogP contribution >= 0.6 is 0 Å². The molecule has 1 saturated carbocycles. The summed E-state index contributed by atoms with van der Waals surface area (Å²) in [5.74, 6) is 1.19. The van der Waals surface area contributed by atoms with Crippen LogP contribution in [-0.4, -0.2) is 23.6 Å². The maximum absolute atomic E-state index is 4.66. The minimum atomic E-state index is 0.509. The van der Waals surface area contributed by atoms with Crippen LogP contribution in [0.3, 0.4) is 0 Å². The van der Waals surface area contributed by atoms with Gasteiger partial charge < -0.3 is 10.2 Å². The van der Waals surface area contributed by atoms with Crippen molar-refractivity contribution in [2.75, 3.05) is 11.4 Å². The summed E-state index contributed by atoms with van der Waals surface area (Å²) in [6.45, 7) is 8.57. The van der Waals surface area contributed by atoms with Gasteiger partial charge in [0.15, 0.2) is 0 Å². The third-order valence-electron chi connectivity index (χ3n) is 3.95. The Kier molecular flexibility index (Phi) is 5.20. The first-order chi connectivity index (χ1) is 9.22. The van der Waals surface area contributed by atoms with Crippen LogP contribution in [0.25, 0.3) is 0 Å². The largest absolute Gasteiger partial charge is 0.354 e. The standard InChI is InChI=1S/C16H27N3/c1-4-19(15-9-5-6-10-15)16-14(8-7-11-17-16)12-18-13(2)3/h7-8,11,13,15,18H,4-6,9-10,12H2,1-3H3. The van der Waals surface area contributed by atoms with E-state index >= 15 is 0 Å². The van der Waals surface area contributed by atoms with Crippen molar-refractivity contribution in [3.63, 3.8) is 0 Å². The van der Waals surface area contributed by atoms with Gasteiger partial charge in [-0.15, -0.1) is 0 Å². The van der Waals surface area contributed by atoms with Gasteiger partial charge >= 0.3 is 0 Å². The molecule has 0 aliphatic heterocycles. The normalized spacial score (nSPS) is 16.2. The van der Waals surface area contributed by atoms with Crippen LogP contribution in [0.4, 0.5) is 5.82 Å². The number of hydrogen-bond acceptors (Lipinski definition) is 3. The number of aromatic nitrogens is 1. The van der Waals surface area contributed by atoms with Crippen LogP contribution in [-0.2, 0) is 6.54 Å². The minimum Gasteiger partial charge on any atom is -0.354 e. The average Bonchev–Trinajstić information content (AvgIpc) is 2.92. The lowest BCUT2D eigenvalue weighted by Crippen LogP contribution is -2.35. The van der Waals surface area contributed by atoms with Gasteiger partial charge in [0.05, 0.1) is 0 Å². The summed E-state index contributed by atoms with van der Waals surface area (Å²) in [4.78, 5) is 7.16. The predicted octanol–water partition coefficient (Wildman–Crippen LogP) is 3.35. The minimum absolute atomic E-state index is 0.509. The lowest BCUT2D eigenvalue weighted by Gasteiger charge is -2.30. The molecule has 1 fully saturated rings. The Morgan fingerprint density at radius 2 is 2.11 bits per heavy atom. The molecule has 3 nitrogen and oxygen atoms in total. The fraction of sp³-hybridized carbons (Fsp3) is 0.688. The molecule has 1 aromatic rings. The smallest absolute Gasteiger partial charge is 0.133 e. The fourth-order valence-corrected chi connectivity index (χ4v) is 2.94. The summed E-state index contributed by atoms with van der Waals surface area (Å²) in [7, 11) is 0. The Labute approximate surface area is 117 Å². The van der Waals surface area contributed by atoms with Crippen molar-refractivity contribution < 1.29 is 0 Å². The second kappa shape index (κ2) is 6.90. The molecule has 1 N–H and O–H groups in total. The first kappa shape index (κ1) is 14.3. The Bertz CT molecular complexity index is 383. The Morgan fingerprint density at radius 1 is 1.37 bits per heavy atom. The molecule has 0 radical (unpaired) electrons. The topological polar surface area (TPSA) is 28.2 Å². The van der Waals surface area contributed by atoms with Crippen LogP contribution in [0.2, 0.25) is 0 Å². The summed E-state index contributed by atoms with van der Waals surface area (Å²) in [5.41, 5.74) is 1.32. The van der Waals surface area contributed by atoms with Crippen LogP contribution in [0.5, 0.6) is 0 Å². The summed E-state index contributed by atoms with van der Waals surface area (Å²) in [5, 5.41) is 3.51. The molecule has 0 aromatic carbocycles. The summed E-state index contributed by atoms with van der Waals surface area (Å²) in [6.07, 6.45) is 7.30. The highest BCUT2D eigenvalue weighted by Gasteiger charge is 2.23. The zero-order chi connectivity index (χ0) is 13.7. The molecule has 1 aliphatic rings. The van der Waals surface area contributed by atoms with Gasteiger partial charge in [-0.3, -0.25) is 0 Å². The van der Waals surface area contributed by atoms with Crippen LogP contribution in [0.15, 0.2) is 18.3 Å². The van der Waals surface area contributed by atoms with Crippen molar-refractivity contribution >= 4 is 5.82 Å². The molecule has 1 aromatic heterocycles. The zero-order valence-electron chi connectivity index (χ0n) is 12.5. The Morgan fingerprint density at radius 3 is 2.74 bits per heavy atom. The highest BCUT2D eigenvalue weighted by molar-refractivity contribution is 5.47. The van der Waals surface area contributed by atoms with E-state index in [1.807, 2.05) is 12.3 Å². The molecule has 0 bridgehead atoms. The molecule has 1 aliphatic carbocycles. The number of hydrogen-bond donors (Lipinski definition) is 1. The second-order valence-electron chi connectivity index (χ2n) is 5.75. The molecule has 3 heteroatoms. The number of nitrogens with zero attached hydrogens (tertiary/aromatic N) is 2. The van der Waals surface area contributed by atoms with Crippen molar-refractivity contribution in [2.45, 2.75) is 65.1 Å². The van der Waals surface area contributed by atoms with E-state index in [4.69, 9.17) is 0 Å². The highest BCUT2D eigenvalue weighted by Crippen LogP contribution is 2.28. The van der Waals surface area contributed by atoms with E-state index in [1.165, 1.54) is 37.1 Å². The highest BCUT2D eigenvalue weighted by atomic mass is 15.2. The average molecular weight is 261 g/mol. The third-order valence-corrected chi connectivity index (χ3v) is 3.95. The van der Waals surface area contributed by atoms with Gasteiger partial charge in [0, 0.05) is 36.9 Å². The van der Waals surface area contributed by atoms with E-state index in [2.05, 4.69) is 42.0 Å².